The van der Waals surface area contributed by atoms with Gasteiger partial charge in [0.15, 0.2) is 0 Å². The molecule has 4 nitrogen and oxygen atoms in total. The Labute approximate surface area is 132 Å². The lowest BCUT2D eigenvalue weighted by molar-refractivity contribution is 0.187. The number of hydrogen-bond donors (Lipinski definition) is 3. The molecule has 2 aromatic carbocycles. The summed E-state index contributed by atoms with van der Waals surface area (Å²) in [5.41, 5.74) is 7.73. The van der Waals surface area contributed by atoms with Crippen LogP contribution in [0.25, 0.3) is 0 Å². The van der Waals surface area contributed by atoms with E-state index in [9.17, 15) is 4.79 Å². The molecule has 2 aromatic rings. The Morgan fingerprint density at radius 1 is 0.952 bits per heavy atom. The van der Waals surface area contributed by atoms with Crippen molar-refractivity contribution in [3.8, 4) is 0 Å². The van der Waals surface area contributed by atoms with Gasteiger partial charge in [-0.3, -0.25) is 0 Å². The van der Waals surface area contributed by atoms with E-state index in [0.29, 0.717) is 10.0 Å². The highest BCUT2D eigenvalue weighted by Crippen LogP contribution is 2.28. The molecule has 0 spiro atoms. The van der Waals surface area contributed by atoms with E-state index in [1.54, 1.807) is 48.5 Å². The van der Waals surface area contributed by atoms with E-state index in [1.165, 1.54) is 0 Å². The van der Waals surface area contributed by atoms with Crippen molar-refractivity contribution in [3.05, 3.63) is 69.7 Å². The van der Waals surface area contributed by atoms with Gasteiger partial charge in [-0.05, 0) is 35.4 Å². The van der Waals surface area contributed by atoms with Crippen LogP contribution in [0.2, 0.25) is 10.0 Å². The molecular weight excluding hydrogens is 311 g/mol. The number of nitrogens with two attached hydrogens (primary N) is 1. The van der Waals surface area contributed by atoms with E-state index >= 15 is 0 Å². The topological polar surface area (TPSA) is 75.3 Å². The third-order valence-corrected chi connectivity index (χ3v) is 3.63. The van der Waals surface area contributed by atoms with E-state index in [0.717, 1.165) is 11.1 Å². The van der Waals surface area contributed by atoms with Crippen molar-refractivity contribution in [1.82, 2.24) is 5.32 Å². The van der Waals surface area contributed by atoms with Gasteiger partial charge in [0.1, 0.15) is 0 Å². The largest absolute Gasteiger partial charge is 0.465 e. The zero-order valence-corrected chi connectivity index (χ0v) is 12.5. The minimum Gasteiger partial charge on any atom is -0.465 e. The summed E-state index contributed by atoms with van der Waals surface area (Å²) in [7, 11) is 0. The smallest absolute Gasteiger partial charge is 0.405 e. The third-order valence-electron chi connectivity index (χ3n) is 3.12. The molecule has 4 N–H and O–H groups in total. The minimum atomic E-state index is -1.14. The Balaban J connectivity index is 2.32. The predicted octanol–water partition coefficient (Wildman–Crippen LogP) is 4.00. The Morgan fingerprint density at radius 3 is 1.81 bits per heavy atom. The molecule has 1 amide bonds. The molecule has 0 aliphatic carbocycles. The van der Waals surface area contributed by atoms with E-state index in [4.69, 9.17) is 34.0 Å². The molecule has 0 radical (unpaired) electrons. The number of amides is 1. The second-order valence-electron chi connectivity index (χ2n) is 4.56. The van der Waals surface area contributed by atoms with E-state index in [1.807, 2.05) is 0 Å². The van der Waals surface area contributed by atoms with Crippen LogP contribution in [0.1, 0.15) is 23.2 Å². The van der Waals surface area contributed by atoms with Crippen molar-refractivity contribution in [1.29, 1.82) is 0 Å². The zero-order chi connectivity index (χ0) is 15.4. The van der Waals surface area contributed by atoms with Gasteiger partial charge in [-0.2, -0.15) is 0 Å². The maximum atomic E-state index is 11.0. The summed E-state index contributed by atoms with van der Waals surface area (Å²) < 4.78 is 0. The fourth-order valence-corrected chi connectivity index (χ4v) is 2.31. The van der Waals surface area contributed by atoms with Crippen molar-refractivity contribution in [2.45, 2.75) is 12.1 Å². The van der Waals surface area contributed by atoms with Crippen LogP contribution >= 0.6 is 23.2 Å². The van der Waals surface area contributed by atoms with Gasteiger partial charge < -0.3 is 16.2 Å². The van der Waals surface area contributed by atoms with Crippen molar-refractivity contribution in [2.24, 2.45) is 5.73 Å². The van der Waals surface area contributed by atoms with Crippen molar-refractivity contribution < 1.29 is 9.90 Å². The van der Waals surface area contributed by atoms with E-state index in [2.05, 4.69) is 5.32 Å². The van der Waals surface area contributed by atoms with Crippen molar-refractivity contribution >= 4 is 29.3 Å². The SMILES string of the molecule is NC(c1ccc(Cl)cc1)C(NC(=O)O)c1ccc(Cl)cc1. The number of rotatable bonds is 4. The predicted molar refractivity (Wildman–Crippen MR) is 83.7 cm³/mol. The molecule has 0 fully saturated rings. The van der Waals surface area contributed by atoms with Gasteiger partial charge in [0.2, 0.25) is 0 Å². The minimum absolute atomic E-state index is 0.542. The van der Waals surface area contributed by atoms with Gasteiger partial charge in [-0.1, -0.05) is 47.5 Å². The maximum Gasteiger partial charge on any atom is 0.405 e. The molecule has 21 heavy (non-hydrogen) atoms. The molecule has 0 aromatic heterocycles. The fourth-order valence-electron chi connectivity index (χ4n) is 2.06. The van der Waals surface area contributed by atoms with Crippen LogP contribution in [0.15, 0.2) is 48.5 Å². The van der Waals surface area contributed by atoms with Crippen molar-refractivity contribution in [2.75, 3.05) is 0 Å². The second-order valence-corrected chi connectivity index (χ2v) is 5.43. The third kappa shape index (κ3) is 4.11. The first-order valence-electron chi connectivity index (χ1n) is 6.23. The lowest BCUT2D eigenvalue weighted by atomic mass is 9.94. The van der Waals surface area contributed by atoms with Crippen LogP contribution in [-0.2, 0) is 0 Å². The fraction of sp³-hybridized carbons (Fsp3) is 0.133. The number of carbonyl (C=O) groups is 1. The average molecular weight is 325 g/mol. The quantitative estimate of drug-likeness (QED) is 0.795. The highest BCUT2D eigenvalue weighted by molar-refractivity contribution is 6.30. The summed E-state index contributed by atoms with van der Waals surface area (Å²) in [6.45, 7) is 0. The van der Waals surface area contributed by atoms with Gasteiger partial charge >= 0.3 is 6.09 Å². The van der Waals surface area contributed by atoms with E-state index in [-0.39, 0.29) is 0 Å². The molecule has 0 saturated heterocycles. The molecule has 0 heterocycles. The lowest BCUT2D eigenvalue weighted by Crippen LogP contribution is -2.35. The van der Waals surface area contributed by atoms with Gasteiger partial charge in [-0.15, -0.1) is 0 Å². The Kier molecular flexibility index (Phi) is 5.07. The van der Waals surface area contributed by atoms with Gasteiger partial charge in [0.05, 0.1) is 12.1 Å². The average Bonchev–Trinajstić information content (AvgIpc) is 2.46. The standard InChI is InChI=1S/C15H14Cl2N2O2/c16-11-5-1-9(2-6-11)13(18)14(19-15(20)21)10-3-7-12(17)8-4-10/h1-8,13-14,19H,18H2,(H,20,21). The van der Waals surface area contributed by atoms with Gasteiger partial charge in [0.25, 0.3) is 0 Å². The first kappa shape index (κ1) is 15.6. The molecule has 6 heteroatoms. The monoisotopic (exact) mass is 324 g/mol. The van der Waals surface area contributed by atoms with Gasteiger partial charge in [0, 0.05) is 10.0 Å². The molecule has 2 unspecified atom stereocenters. The Morgan fingerprint density at radius 2 is 1.38 bits per heavy atom. The first-order chi connectivity index (χ1) is 9.97. The van der Waals surface area contributed by atoms with Crippen LogP contribution < -0.4 is 11.1 Å². The second kappa shape index (κ2) is 6.80. The molecule has 0 bridgehead atoms. The number of carboxylic acid groups (broad SMARTS) is 1. The summed E-state index contributed by atoms with van der Waals surface area (Å²) in [5, 5.41) is 12.6. The number of nitrogens with one attached hydrogen (secondary N) is 1. The molecule has 2 atom stereocenters. The zero-order valence-electron chi connectivity index (χ0n) is 11.0. The van der Waals surface area contributed by atoms with Gasteiger partial charge in [-0.25, -0.2) is 4.79 Å². The number of hydrogen-bond acceptors (Lipinski definition) is 2. The summed E-state index contributed by atoms with van der Waals surface area (Å²) in [5.74, 6) is 0. The molecular formula is C15H14Cl2N2O2. The summed E-state index contributed by atoms with van der Waals surface area (Å²) in [4.78, 5) is 11.0. The van der Waals surface area contributed by atoms with Crippen LogP contribution in [0.3, 0.4) is 0 Å². The summed E-state index contributed by atoms with van der Waals surface area (Å²) in [6.07, 6.45) is -1.14. The Bertz CT molecular complexity index is 615. The highest BCUT2D eigenvalue weighted by Gasteiger charge is 2.23. The molecule has 2 rings (SSSR count). The molecule has 110 valence electrons. The van der Waals surface area contributed by atoms with E-state index < -0.39 is 18.2 Å². The summed E-state index contributed by atoms with van der Waals surface area (Å²) in [6, 6.07) is 12.8. The van der Waals surface area contributed by atoms with Crippen LogP contribution in [-0.4, -0.2) is 11.2 Å². The molecule has 0 saturated carbocycles. The molecule has 0 aliphatic rings. The normalized spacial score (nSPS) is 13.5. The highest BCUT2D eigenvalue weighted by atomic mass is 35.5. The maximum absolute atomic E-state index is 11.0. The Hall–Kier alpha value is -1.75. The lowest BCUT2D eigenvalue weighted by Gasteiger charge is -2.24. The van der Waals surface area contributed by atoms with Crippen molar-refractivity contribution in [3.63, 3.8) is 0 Å². The van der Waals surface area contributed by atoms with Crippen LogP contribution in [0.4, 0.5) is 4.79 Å². The first-order valence-corrected chi connectivity index (χ1v) is 6.99. The number of benzene rings is 2. The van der Waals surface area contributed by atoms with Crippen LogP contribution in [0.5, 0.6) is 0 Å². The number of halogens is 2. The van der Waals surface area contributed by atoms with Crippen LogP contribution in [0, 0.1) is 0 Å². The molecule has 0 aliphatic heterocycles. The summed E-state index contributed by atoms with van der Waals surface area (Å²) >= 11 is 11.7.